The molecule has 0 bridgehead atoms. The summed E-state index contributed by atoms with van der Waals surface area (Å²) in [5.41, 5.74) is 3.52. The van der Waals surface area contributed by atoms with Gasteiger partial charge in [-0.2, -0.15) is 0 Å². The molecule has 4 N–H and O–H groups in total. The SMILES string of the molecule is CCOc1cccc(NC(=O)c2ccc(NN)nc2)c1. The molecule has 0 aliphatic heterocycles. The lowest BCUT2D eigenvalue weighted by Gasteiger charge is -2.08. The third-order valence-corrected chi connectivity index (χ3v) is 2.58. The number of nitrogens with two attached hydrogens (primary N) is 1. The lowest BCUT2D eigenvalue weighted by molar-refractivity contribution is 0.102. The molecule has 6 heteroatoms. The first-order chi connectivity index (χ1) is 9.72. The molecule has 6 nitrogen and oxygen atoms in total. The van der Waals surface area contributed by atoms with E-state index in [4.69, 9.17) is 10.6 Å². The lowest BCUT2D eigenvalue weighted by atomic mass is 10.2. The molecule has 1 amide bonds. The van der Waals surface area contributed by atoms with Gasteiger partial charge in [0.25, 0.3) is 5.91 Å². The van der Waals surface area contributed by atoms with Gasteiger partial charge in [-0.3, -0.25) is 4.79 Å². The van der Waals surface area contributed by atoms with Crippen molar-refractivity contribution in [2.24, 2.45) is 5.84 Å². The largest absolute Gasteiger partial charge is 0.494 e. The zero-order valence-electron chi connectivity index (χ0n) is 11.1. The number of carbonyl (C=O) groups excluding carboxylic acids is 1. The van der Waals surface area contributed by atoms with Crippen LogP contribution in [0.25, 0.3) is 0 Å². The van der Waals surface area contributed by atoms with Crippen LogP contribution >= 0.6 is 0 Å². The minimum absolute atomic E-state index is 0.241. The summed E-state index contributed by atoms with van der Waals surface area (Å²) >= 11 is 0. The lowest BCUT2D eigenvalue weighted by Crippen LogP contribution is -2.13. The van der Waals surface area contributed by atoms with Gasteiger partial charge in [0.05, 0.1) is 12.2 Å². The first kappa shape index (κ1) is 13.8. The Balaban J connectivity index is 2.08. The molecule has 0 radical (unpaired) electrons. The van der Waals surface area contributed by atoms with Gasteiger partial charge in [0.1, 0.15) is 11.6 Å². The zero-order valence-corrected chi connectivity index (χ0v) is 11.1. The van der Waals surface area contributed by atoms with E-state index in [-0.39, 0.29) is 5.91 Å². The molecule has 2 aromatic rings. The molecule has 0 saturated heterocycles. The Labute approximate surface area is 116 Å². The second-order valence-corrected chi connectivity index (χ2v) is 3.99. The Hall–Kier alpha value is -2.60. The normalized spacial score (nSPS) is 9.90. The Morgan fingerprint density at radius 2 is 2.20 bits per heavy atom. The average Bonchev–Trinajstić information content (AvgIpc) is 2.48. The molecule has 0 aliphatic carbocycles. The Morgan fingerprint density at radius 3 is 2.85 bits per heavy atom. The van der Waals surface area contributed by atoms with Crippen molar-refractivity contribution in [3.63, 3.8) is 0 Å². The summed E-state index contributed by atoms with van der Waals surface area (Å²) in [7, 11) is 0. The van der Waals surface area contributed by atoms with Gasteiger partial charge < -0.3 is 15.5 Å². The van der Waals surface area contributed by atoms with Gasteiger partial charge in [-0.25, -0.2) is 10.8 Å². The number of ether oxygens (including phenoxy) is 1. The maximum Gasteiger partial charge on any atom is 0.257 e. The van der Waals surface area contributed by atoms with Crippen LogP contribution in [0.2, 0.25) is 0 Å². The Morgan fingerprint density at radius 1 is 1.35 bits per heavy atom. The standard InChI is InChI=1S/C14H16N4O2/c1-2-20-12-5-3-4-11(8-12)17-14(19)10-6-7-13(18-15)16-9-10/h3-9H,2,15H2,1H3,(H,16,18)(H,17,19). The van der Waals surface area contributed by atoms with Crippen molar-refractivity contribution in [1.82, 2.24) is 4.98 Å². The van der Waals surface area contributed by atoms with E-state index in [0.29, 0.717) is 29.4 Å². The van der Waals surface area contributed by atoms with Crippen molar-refractivity contribution >= 4 is 17.4 Å². The predicted octanol–water partition coefficient (Wildman–Crippen LogP) is 2.02. The number of hydrazine groups is 1. The van der Waals surface area contributed by atoms with E-state index >= 15 is 0 Å². The molecule has 1 heterocycles. The van der Waals surface area contributed by atoms with E-state index in [1.54, 1.807) is 24.3 Å². The Kier molecular flexibility index (Phi) is 4.52. The fraction of sp³-hybridized carbons (Fsp3) is 0.143. The second kappa shape index (κ2) is 6.53. The molecule has 0 aliphatic rings. The zero-order chi connectivity index (χ0) is 14.4. The molecular formula is C14H16N4O2. The van der Waals surface area contributed by atoms with E-state index in [0.717, 1.165) is 0 Å². The molecular weight excluding hydrogens is 256 g/mol. The van der Waals surface area contributed by atoms with Crippen molar-refractivity contribution in [3.05, 3.63) is 48.2 Å². The van der Waals surface area contributed by atoms with Gasteiger partial charge in [-0.05, 0) is 31.2 Å². The molecule has 104 valence electrons. The summed E-state index contributed by atoms with van der Waals surface area (Å²) in [6.45, 7) is 2.48. The summed E-state index contributed by atoms with van der Waals surface area (Å²) in [4.78, 5) is 16.0. The third kappa shape index (κ3) is 3.46. The smallest absolute Gasteiger partial charge is 0.257 e. The van der Waals surface area contributed by atoms with Crippen LogP contribution in [-0.2, 0) is 0 Å². The van der Waals surface area contributed by atoms with Crippen molar-refractivity contribution in [2.75, 3.05) is 17.3 Å². The number of benzene rings is 1. The Bertz CT molecular complexity index is 584. The van der Waals surface area contributed by atoms with Gasteiger partial charge >= 0.3 is 0 Å². The molecule has 0 spiro atoms. The van der Waals surface area contributed by atoms with Crippen LogP contribution in [0.15, 0.2) is 42.6 Å². The number of amides is 1. The molecule has 1 aromatic carbocycles. The average molecular weight is 272 g/mol. The van der Waals surface area contributed by atoms with Gasteiger partial charge in [-0.1, -0.05) is 6.07 Å². The minimum Gasteiger partial charge on any atom is -0.494 e. The highest BCUT2D eigenvalue weighted by Crippen LogP contribution is 2.18. The number of rotatable bonds is 5. The van der Waals surface area contributed by atoms with Crippen LogP contribution in [0, 0.1) is 0 Å². The van der Waals surface area contributed by atoms with E-state index in [9.17, 15) is 4.79 Å². The van der Waals surface area contributed by atoms with Crippen LogP contribution < -0.4 is 21.3 Å². The van der Waals surface area contributed by atoms with Crippen LogP contribution in [0.5, 0.6) is 5.75 Å². The maximum atomic E-state index is 12.0. The maximum absolute atomic E-state index is 12.0. The van der Waals surface area contributed by atoms with Gasteiger partial charge in [-0.15, -0.1) is 0 Å². The van der Waals surface area contributed by atoms with Crippen molar-refractivity contribution in [1.29, 1.82) is 0 Å². The fourth-order valence-electron chi connectivity index (χ4n) is 1.65. The van der Waals surface area contributed by atoms with E-state index < -0.39 is 0 Å². The molecule has 20 heavy (non-hydrogen) atoms. The summed E-state index contributed by atoms with van der Waals surface area (Å²) in [6.07, 6.45) is 1.46. The highest BCUT2D eigenvalue weighted by atomic mass is 16.5. The minimum atomic E-state index is -0.241. The number of nitrogen functional groups attached to an aromatic ring is 1. The van der Waals surface area contributed by atoms with Crippen LogP contribution in [0.3, 0.4) is 0 Å². The molecule has 0 fully saturated rings. The van der Waals surface area contributed by atoms with Crippen LogP contribution in [-0.4, -0.2) is 17.5 Å². The van der Waals surface area contributed by atoms with Gasteiger partial charge in [0.2, 0.25) is 0 Å². The molecule has 0 saturated carbocycles. The van der Waals surface area contributed by atoms with Crippen LogP contribution in [0.1, 0.15) is 17.3 Å². The molecule has 2 rings (SSSR count). The molecule has 1 aromatic heterocycles. The van der Waals surface area contributed by atoms with E-state index in [2.05, 4.69) is 15.7 Å². The summed E-state index contributed by atoms with van der Waals surface area (Å²) in [5, 5.41) is 2.78. The van der Waals surface area contributed by atoms with Crippen molar-refractivity contribution in [3.8, 4) is 5.75 Å². The quantitative estimate of drug-likeness (QED) is 0.572. The summed E-state index contributed by atoms with van der Waals surface area (Å²) in [6, 6.07) is 10.5. The van der Waals surface area contributed by atoms with E-state index in [1.807, 2.05) is 19.1 Å². The number of aromatic nitrogens is 1. The first-order valence-electron chi connectivity index (χ1n) is 6.20. The van der Waals surface area contributed by atoms with Gasteiger partial charge in [0.15, 0.2) is 0 Å². The highest BCUT2D eigenvalue weighted by molar-refractivity contribution is 6.04. The fourth-order valence-corrected chi connectivity index (χ4v) is 1.65. The summed E-state index contributed by atoms with van der Waals surface area (Å²) < 4.78 is 5.38. The predicted molar refractivity (Wildman–Crippen MR) is 77.6 cm³/mol. The molecule has 0 unspecified atom stereocenters. The topological polar surface area (TPSA) is 89.3 Å². The number of anilines is 2. The van der Waals surface area contributed by atoms with Crippen LogP contribution in [0.4, 0.5) is 11.5 Å². The number of nitrogens with one attached hydrogen (secondary N) is 2. The third-order valence-electron chi connectivity index (χ3n) is 2.58. The monoisotopic (exact) mass is 272 g/mol. The van der Waals surface area contributed by atoms with Crippen molar-refractivity contribution in [2.45, 2.75) is 6.92 Å². The number of hydrogen-bond acceptors (Lipinski definition) is 5. The van der Waals surface area contributed by atoms with E-state index in [1.165, 1.54) is 6.20 Å². The highest BCUT2D eigenvalue weighted by Gasteiger charge is 2.07. The first-order valence-corrected chi connectivity index (χ1v) is 6.20. The molecule has 0 atom stereocenters. The number of hydrogen-bond donors (Lipinski definition) is 3. The number of pyridine rings is 1. The van der Waals surface area contributed by atoms with Crippen molar-refractivity contribution < 1.29 is 9.53 Å². The van der Waals surface area contributed by atoms with Gasteiger partial charge in [0, 0.05) is 18.0 Å². The number of nitrogens with zero attached hydrogens (tertiary/aromatic N) is 1. The number of carbonyl (C=O) groups is 1. The second-order valence-electron chi connectivity index (χ2n) is 3.99. The summed E-state index contributed by atoms with van der Waals surface area (Å²) in [5.74, 6) is 6.19.